The molecule has 0 saturated carbocycles. The summed E-state index contributed by atoms with van der Waals surface area (Å²) in [4.78, 5) is 34.7. The van der Waals surface area contributed by atoms with Crippen LogP contribution in [0.4, 0.5) is 0 Å². The van der Waals surface area contributed by atoms with Crippen molar-refractivity contribution < 1.29 is 19.5 Å². The number of nitrogens with one attached hydrogen (secondary N) is 1. The van der Waals surface area contributed by atoms with Crippen LogP contribution in [0, 0.1) is 5.92 Å². The van der Waals surface area contributed by atoms with Gasteiger partial charge in [-0.1, -0.05) is 13.8 Å². The van der Waals surface area contributed by atoms with E-state index in [1.807, 2.05) is 0 Å². The molecule has 0 aromatic carbocycles. The van der Waals surface area contributed by atoms with Gasteiger partial charge >= 0.3 is 5.97 Å². The standard InChI is InChI=1S/C11H18N2O4/c1-7(2)10(11(16)17)12-5-6-13-8(14)3-4-9(13)15/h7,10,12H,3-6H2,1-2H3,(H,16,17). The molecule has 1 aliphatic rings. The molecule has 96 valence electrons. The van der Waals surface area contributed by atoms with Gasteiger partial charge in [-0.15, -0.1) is 0 Å². The molecule has 6 nitrogen and oxygen atoms in total. The van der Waals surface area contributed by atoms with Gasteiger partial charge < -0.3 is 10.4 Å². The molecule has 0 aromatic heterocycles. The number of carboxylic acids is 1. The molecule has 6 heteroatoms. The maximum absolute atomic E-state index is 11.3. The third-order valence-electron chi connectivity index (χ3n) is 2.79. The van der Waals surface area contributed by atoms with E-state index in [9.17, 15) is 14.4 Å². The highest BCUT2D eigenvalue weighted by atomic mass is 16.4. The van der Waals surface area contributed by atoms with Crippen molar-refractivity contribution in [2.75, 3.05) is 13.1 Å². The smallest absolute Gasteiger partial charge is 0.320 e. The predicted molar refractivity (Wildman–Crippen MR) is 60.2 cm³/mol. The first-order valence-electron chi connectivity index (χ1n) is 5.73. The Morgan fingerprint density at radius 3 is 2.29 bits per heavy atom. The van der Waals surface area contributed by atoms with Crippen molar-refractivity contribution in [3.8, 4) is 0 Å². The molecule has 0 aliphatic carbocycles. The van der Waals surface area contributed by atoms with Gasteiger partial charge in [0.1, 0.15) is 6.04 Å². The minimum atomic E-state index is -0.918. The van der Waals surface area contributed by atoms with E-state index in [2.05, 4.69) is 5.32 Å². The summed E-state index contributed by atoms with van der Waals surface area (Å²) in [6.45, 7) is 4.16. The van der Waals surface area contributed by atoms with E-state index < -0.39 is 12.0 Å². The van der Waals surface area contributed by atoms with Crippen LogP contribution in [0.5, 0.6) is 0 Å². The molecular formula is C11H18N2O4. The van der Waals surface area contributed by atoms with Crippen LogP contribution in [0.1, 0.15) is 26.7 Å². The number of carbonyl (C=O) groups excluding carboxylic acids is 2. The molecule has 17 heavy (non-hydrogen) atoms. The molecule has 0 bridgehead atoms. The van der Waals surface area contributed by atoms with Gasteiger partial charge in [0.25, 0.3) is 0 Å². The maximum Gasteiger partial charge on any atom is 0.320 e. The van der Waals surface area contributed by atoms with E-state index in [0.29, 0.717) is 6.54 Å². The molecule has 1 fully saturated rings. The van der Waals surface area contributed by atoms with E-state index in [4.69, 9.17) is 5.11 Å². The summed E-state index contributed by atoms with van der Waals surface area (Å²) in [6.07, 6.45) is 0.538. The van der Waals surface area contributed by atoms with Crippen molar-refractivity contribution in [3.05, 3.63) is 0 Å². The number of carbonyl (C=O) groups is 3. The number of rotatable bonds is 6. The Balaban J connectivity index is 2.38. The fourth-order valence-corrected chi connectivity index (χ4v) is 1.81. The highest BCUT2D eigenvalue weighted by molar-refractivity contribution is 6.01. The minimum Gasteiger partial charge on any atom is -0.480 e. The van der Waals surface area contributed by atoms with Gasteiger partial charge in [-0.3, -0.25) is 19.3 Å². The minimum absolute atomic E-state index is 0.0440. The van der Waals surface area contributed by atoms with Crippen LogP contribution < -0.4 is 5.32 Å². The van der Waals surface area contributed by atoms with E-state index in [0.717, 1.165) is 0 Å². The summed E-state index contributed by atoms with van der Waals surface area (Å²) in [5.74, 6) is -1.31. The lowest BCUT2D eigenvalue weighted by Crippen LogP contribution is -2.45. The molecule has 2 N–H and O–H groups in total. The first kappa shape index (κ1) is 13.6. The first-order chi connectivity index (χ1) is 7.93. The van der Waals surface area contributed by atoms with Crippen molar-refractivity contribution in [2.45, 2.75) is 32.7 Å². The zero-order chi connectivity index (χ0) is 13.0. The van der Waals surface area contributed by atoms with Crippen LogP contribution in [0.3, 0.4) is 0 Å². The van der Waals surface area contributed by atoms with Crippen molar-refractivity contribution in [2.24, 2.45) is 5.92 Å². The largest absolute Gasteiger partial charge is 0.480 e. The normalized spacial score (nSPS) is 17.9. The van der Waals surface area contributed by atoms with Gasteiger partial charge in [0, 0.05) is 25.9 Å². The fourth-order valence-electron chi connectivity index (χ4n) is 1.81. The van der Waals surface area contributed by atoms with Crippen molar-refractivity contribution in [1.82, 2.24) is 10.2 Å². The molecule has 2 amide bonds. The number of nitrogens with zero attached hydrogens (tertiary/aromatic N) is 1. The topological polar surface area (TPSA) is 86.7 Å². The Hall–Kier alpha value is -1.43. The van der Waals surface area contributed by atoms with Gasteiger partial charge in [-0.05, 0) is 5.92 Å². The van der Waals surface area contributed by atoms with Gasteiger partial charge in [0.2, 0.25) is 11.8 Å². The summed E-state index contributed by atoms with van der Waals surface area (Å²) in [5, 5.41) is 11.8. The number of hydrogen-bond donors (Lipinski definition) is 2. The van der Waals surface area contributed by atoms with Gasteiger partial charge in [0.05, 0.1) is 0 Å². The van der Waals surface area contributed by atoms with Crippen LogP contribution in [-0.2, 0) is 14.4 Å². The van der Waals surface area contributed by atoms with E-state index in [1.54, 1.807) is 13.8 Å². The predicted octanol–water partition coefficient (Wildman–Crippen LogP) is -0.166. The summed E-state index contributed by atoms with van der Waals surface area (Å²) < 4.78 is 0. The second-order valence-electron chi connectivity index (χ2n) is 4.45. The molecule has 1 unspecified atom stereocenters. The van der Waals surface area contributed by atoms with Crippen molar-refractivity contribution in [1.29, 1.82) is 0 Å². The van der Waals surface area contributed by atoms with E-state index in [-0.39, 0.29) is 37.1 Å². The zero-order valence-electron chi connectivity index (χ0n) is 10.1. The van der Waals surface area contributed by atoms with Gasteiger partial charge in [-0.25, -0.2) is 0 Å². The monoisotopic (exact) mass is 242 g/mol. The number of amides is 2. The number of imide groups is 1. The summed E-state index contributed by atoms with van der Waals surface area (Å²) in [5.41, 5.74) is 0. The highest BCUT2D eigenvalue weighted by Crippen LogP contribution is 2.10. The van der Waals surface area contributed by atoms with Crippen LogP contribution in [-0.4, -0.2) is 46.9 Å². The van der Waals surface area contributed by atoms with Crippen LogP contribution in [0.25, 0.3) is 0 Å². The number of aliphatic carboxylic acids is 1. The SMILES string of the molecule is CC(C)C(NCCN1C(=O)CCC1=O)C(=O)O. The average Bonchev–Trinajstić information content (AvgIpc) is 2.53. The molecule has 0 spiro atoms. The molecular weight excluding hydrogens is 224 g/mol. The molecule has 1 heterocycles. The third-order valence-corrected chi connectivity index (χ3v) is 2.79. The second-order valence-corrected chi connectivity index (χ2v) is 4.45. The summed E-state index contributed by atoms with van der Waals surface area (Å²) in [6, 6.07) is -0.650. The number of hydrogen-bond acceptors (Lipinski definition) is 4. The number of carboxylic acid groups (broad SMARTS) is 1. The second kappa shape index (κ2) is 5.77. The van der Waals surface area contributed by atoms with Crippen LogP contribution in [0.15, 0.2) is 0 Å². The fraction of sp³-hybridized carbons (Fsp3) is 0.727. The Bertz CT molecular complexity index is 311. The van der Waals surface area contributed by atoms with Crippen LogP contribution in [0.2, 0.25) is 0 Å². The van der Waals surface area contributed by atoms with Crippen LogP contribution >= 0.6 is 0 Å². The lowest BCUT2D eigenvalue weighted by Gasteiger charge is -2.20. The lowest BCUT2D eigenvalue weighted by atomic mass is 10.1. The Labute approximate surface area is 100.0 Å². The molecule has 1 atom stereocenters. The number of likely N-dealkylation sites (tertiary alicyclic amines) is 1. The maximum atomic E-state index is 11.3. The van der Waals surface area contributed by atoms with Crippen molar-refractivity contribution >= 4 is 17.8 Å². The molecule has 0 aromatic rings. The van der Waals surface area contributed by atoms with E-state index >= 15 is 0 Å². The molecule has 0 radical (unpaired) electrons. The van der Waals surface area contributed by atoms with Gasteiger partial charge in [0.15, 0.2) is 0 Å². The lowest BCUT2D eigenvalue weighted by molar-refractivity contribution is -0.140. The molecule has 1 aliphatic heterocycles. The molecule has 1 rings (SSSR count). The molecule has 1 saturated heterocycles. The summed E-state index contributed by atoms with van der Waals surface area (Å²) in [7, 11) is 0. The summed E-state index contributed by atoms with van der Waals surface area (Å²) >= 11 is 0. The Morgan fingerprint density at radius 1 is 1.35 bits per heavy atom. The Morgan fingerprint density at radius 2 is 1.88 bits per heavy atom. The zero-order valence-corrected chi connectivity index (χ0v) is 10.1. The van der Waals surface area contributed by atoms with Crippen molar-refractivity contribution in [3.63, 3.8) is 0 Å². The Kier molecular flexibility index (Phi) is 4.62. The van der Waals surface area contributed by atoms with E-state index in [1.165, 1.54) is 4.90 Å². The quantitative estimate of drug-likeness (QED) is 0.632. The van der Waals surface area contributed by atoms with Gasteiger partial charge in [-0.2, -0.15) is 0 Å². The third kappa shape index (κ3) is 3.52. The first-order valence-corrected chi connectivity index (χ1v) is 5.73. The highest BCUT2D eigenvalue weighted by Gasteiger charge is 2.29. The average molecular weight is 242 g/mol.